The minimum Gasteiger partial charge on any atom is -0.0925 e. The van der Waals surface area contributed by atoms with E-state index in [-0.39, 0.29) is 0 Å². The average Bonchev–Trinajstić information content (AvgIpc) is 2.39. The van der Waals surface area contributed by atoms with E-state index in [1.54, 1.807) is 24.3 Å². The van der Waals surface area contributed by atoms with Crippen molar-refractivity contribution >= 4 is 78.3 Å². The van der Waals surface area contributed by atoms with Gasteiger partial charge in [-0.3, -0.25) is 0 Å². The van der Waals surface area contributed by atoms with Gasteiger partial charge in [0.15, 0.2) is 8.67 Å². The van der Waals surface area contributed by atoms with Gasteiger partial charge in [-0.25, -0.2) is 0 Å². The van der Waals surface area contributed by atoms with Crippen LogP contribution >= 0.6 is 78.3 Å². The smallest absolute Gasteiger partial charge is 0.0925 e. The third kappa shape index (κ3) is 3.31. The fraction of sp³-hybridized carbons (Fsp3) is 0.143. The molecule has 0 saturated carbocycles. The van der Waals surface area contributed by atoms with E-state index in [0.29, 0.717) is 11.1 Å². The maximum Gasteiger partial charge on any atom is 0.180 e. The van der Waals surface area contributed by atoms with Crippen LogP contribution in [-0.2, 0) is 8.67 Å². The van der Waals surface area contributed by atoms with Crippen molar-refractivity contribution in [3.05, 3.63) is 68.6 Å². The van der Waals surface area contributed by atoms with Gasteiger partial charge < -0.3 is 0 Å². The molecule has 0 bridgehead atoms. The Kier molecular flexibility index (Phi) is 5.38. The second kappa shape index (κ2) is 6.36. The van der Waals surface area contributed by atoms with Gasteiger partial charge in [0.2, 0.25) is 0 Å². The fourth-order valence-electron chi connectivity index (χ4n) is 1.68. The van der Waals surface area contributed by atoms with E-state index in [0.717, 1.165) is 8.95 Å². The summed E-state index contributed by atoms with van der Waals surface area (Å²) in [5, 5.41) is 0. The maximum atomic E-state index is 6.45. The Morgan fingerprint density at radius 2 is 0.800 bits per heavy atom. The molecule has 0 nitrogen and oxygen atoms in total. The van der Waals surface area contributed by atoms with Crippen LogP contribution in [0.4, 0.5) is 0 Å². The van der Waals surface area contributed by atoms with Crippen molar-refractivity contribution in [2.24, 2.45) is 0 Å². The van der Waals surface area contributed by atoms with Crippen molar-refractivity contribution in [2.45, 2.75) is 8.67 Å². The summed E-state index contributed by atoms with van der Waals surface area (Å²) in [5.41, 5.74) is 1.24. The van der Waals surface area contributed by atoms with E-state index in [9.17, 15) is 0 Å². The van der Waals surface area contributed by atoms with Crippen LogP contribution in [0.5, 0.6) is 0 Å². The molecule has 0 heterocycles. The highest BCUT2D eigenvalue weighted by molar-refractivity contribution is 9.10. The summed E-state index contributed by atoms with van der Waals surface area (Å²) >= 11 is 32.5. The molecule has 0 unspecified atom stereocenters. The predicted molar refractivity (Wildman–Crippen MR) is 95.1 cm³/mol. The van der Waals surface area contributed by atoms with Crippen molar-refractivity contribution in [1.29, 1.82) is 0 Å². The monoisotopic (exact) mass is 474 g/mol. The summed E-state index contributed by atoms with van der Waals surface area (Å²) in [6.45, 7) is 0. The van der Waals surface area contributed by atoms with Crippen LogP contribution in [0.25, 0.3) is 0 Å². The van der Waals surface area contributed by atoms with Crippen molar-refractivity contribution in [3.63, 3.8) is 0 Å². The Bertz CT molecular complexity index is 536. The number of alkyl halides is 4. The molecule has 2 rings (SSSR count). The van der Waals surface area contributed by atoms with Crippen LogP contribution in [0.3, 0.4) is 0 Å². The van der Waals surface area contributed by atoms with Crippen LogP contribution < -0.4 is 0 Å². The zero-order valence-electron chi connectivity index (χ0n) is 9.89. The zero-order valence-corrected chi connectivity index (χ0v) is 16.1. The molecule has 6 heteroatoms. The molecule has 0 aliphatic rings. The van der Waals surface area contributed by atoms with Gasteiger partial charge in [0, 0.05) is 8.95 Å². The highest BCUT2D eigenvalue weighted by atomic mass is 79.9. The molecule has 0 aromatic heterocycles. The molecule has 0 amide bonds. The third-order valence-corrected chi connectivity index (χ3v) is 6.26. The van der Waals surface area contributed by atoms with Crippen LogP contribution in [0.1, 0.15) is 11.1 Å². The first-order valence-corrected chi connectivity index (χ1v) is 8.62. The second-order valence-electron chi connectivity index (χ2n) is 4.16. The topological polar surface area (TPSA) is 0 Å². The Hall–Kier alpha value is 0.560. The molecule has 2 aromatic carbocycles. The molecular formula is C14H8Br2Cl4. The molecule has 106 valence electrons. The van der Waals surface area contributed by atoms with Gasteiger partial charge in [0.1, 0.15) is 0 Å². The van der Waals surface area contributed by atoms with Gasteiger partial charge >= 0.3 is 0 Å². The maximum absolute atomic E-state index is 6.45. The summed E-state index contributed by atoms with van der Waals surface area (Å²) in [6, 6.07) is 14.5. The molecule has 20 heavy (non-hydrogen) atoms. The van der Waals surface area contributed by atoms with Crippen LogP contribution in [0.15, 0.2) is 57.5 Å². The average molecular weight is 478 g/mol. The van der Waals surface area contributed by atoms with Crippen molar-refractivity contribution < 1.29 is 0 Å². The molecule has 0 atom stereocenters. The minimum atomic E-state index is -1.48. The number of hydrogen-bond donors (Lipinski definition) is 0. The molecule has 2 aromatic rings. The Morgan fingerprint density at radius 3 is 1.05 bits per heavy atom. The molecule has 0 N–H and O–H groups in total. The molecule has 0 spiro atoms. The van der Waals surface area contributed by atoms with Crippen LogP contribution in [0.2, 0.25) is 0 Å². The lowest BCUT2D eigenvalue weighted by molar-refractivity contribution is 0.732. The first kappa shape index (κ1) is 16.9. The van der Waals surface area contributed by atoms with E-state index in [1.165, 1.54) is 0 Å². The standard InChI is InChI=1S/C14H8Br2Cl4/c15-11-5-1-9(2-6-11)13(17,18)14(19,20)10-3-7-12(16)8-4-10/h1-8H. The summed E-state index contributed by atoms with van der Waals surface area (Å²) < 4.78 is -1.12. The predicted octanol–water partition coefficient (Wildman–Crippen LogP) is 7.17. The van der Waals surface area contributed by atoms with Crippen LogP contribution in [0, 0.1) is 0 Å². The molecule has 0 radical (unpaired) electrons. The minimum absolute atomic E-state index is 0.622. The fourth-order valence-corrected chi connectivity index (χ4v) is 3.15. The van der Waals surface area contributed by atoms with E-state index < -0.39 is 8.67 Å². The first-order chi connectivity index (χ1) is 9.25. The third-order valence-electron chi connectivity index (χ3n) is 2.81. The van der Waals surface area contributed by atoms with E-state index in [4.69, 9.17) is 46.4 Å². The van der Waals surface area contributed by atoms with E-state index >= 15 is 0 Å². The first-order valence-electron chi connectivity index (χ1n) is 5.53. The number of hydrogen-bond acceptors (Lipinski definition) is 0. The van der Waals surface area contributed by atoms with Gasteiger partial charge in [0.05, 0.1) is 0 Å². The van der Waals surface area contributed by atoms with Gasteiger partial charge in [-0.2, -0.15) is 0 Å². The van der Waals surface area contributed by atoms with Crippen molar-refractivity contribution in [3.8, 4) is 0 Å². The Morgan fingerprint density at radius 1 is 0.550 bits per heavy atom. The van der Waals surface area contributed by atoms with Gasteiger partial charge in [0.25, 0.3) is 0 Å². The zero-order chi connectivity index (χ0) is 15.0. The number of halogens is 6. The number of rotatable bonds is 3. The summed E-state index contributed by atoms with van der Waals surface area (Å²) in [6.07, 6.45) is 0. The largest absolute Gasteiger partial charge is 0.180 e. The Balaban J connectivity index is 2.45. The molecule has 0 saturated heterocycles. The highest BCUT2D eigenvalue weighted by Gasteiger charge is 2.49. The van der Waals surface area contributed by atoms with E-state index in [2.05, 4.69) is 31.9 Å². The quantitative estimate of drug-likeness (QED) is 0.411. The lowest BCUT2D eigenvalue weighted by Crippen LogP contribution is -2.31. The summed E-state index contributed by atoms with van der Waals surface area (Å²) in [7, 11) is 0. The van der Waals surface area contributed by atoms with Crippen molar-refractivity contribution in [2.75, 3.05) is 0 Å². The SMILES string of the molecule is ClC(Cl)(c1ccc(Br)cc1)C(Cl)(Cl)c1ccc(Br)cc1. The lowest BCUT2D eigenvalue weighted by atomic mass is 10.0. The molecular weight excluding hydrogens is 470 g/mol. The van der Waals surface area contributed by atoms with Gasteiger partial charge in [-0.1, -0.05) is 103 Å². The normalized spacial score (nSPS) is 12.5. The summed E-state index contributed by atoms with van der Waals surface area (Å²) in [4.78, 5) is 0. The molecule has 0 aliphatic carbocycles. The van der Waals surface area contributed by atoms with Gasteiger partial charge in [-0.15, -0.1) is 0 Å². The lowest BCUT2D eigenvalue weighted by Gasteiger charge is -2.33. The number of benzene rings is 2. The van der Waals surface area contributed by atoms with Gasteiger partial charge in [-0.05, 0) is 35.4 Å². The summed E-state index contributed by atoms with van der Waals surface area (Å²) in [5.74, 6) is 0. The van der Waals surface area contributed by atoms with Crippen LogP contribution in [-0.4, -0.2) is 0 Å². The second-order valence-corrected chi connectivity index (χ2v) is 8.65. The molecule has 0 aliphatic heterocycles. The van der Waals surface area contributed by atoms with E-state index in [1.807, 2.05) is 24.3 Å². The molecule has 0 fully saturated rings. The Labute approximate surface area is 154 Å². The highest BCUT2D eigenvalue weighted by Crippen LogP contribution is 2.56. The van der Waals surface area contributed by atoms with Crippen molar-refractivity contribution in [1.82, 2.24) is 0 Å².